The number of carbonyl (C=O) groups excluding carboxylic acids is 3. The third-order valence-corrected chi connectivity index (χ3v) is 6.28. The Morgan fingerprint density at radius 1 is 0.927 bits per heavy atom. The van der Waals surface area contributed by atoms with Crippen molar-refractivity contribution >= 4 is 29.2 Å². The van der Waals surface area contributed by atoms with Crippen LogP contribution in [0.4, 0.5) is 16.2 Å². The molecule has 0 heterocycles. The quantitative estimate of drug-likeness (QED) is 0.209. The summed E-state index contributed by atoms with van der Waals surface area (Å²) >= 11 is 0. The van der Waals surface area contributed by atoms with E-state index in [9.17, 15) is 14.4 Å². The van der Waals surface area contributed by atoms with Gasteiger partial charge in [-0.2, -0.15) is 0 Å². The van der Waals surface area contributed by atoms with Gasteiger partial charge in [-0.15, -0.1) is 0 Å². The highest BCUT2D eigenvalue weighted by Gasteiger charge is 2.21. The monoisotopic (exact) mass is 563 g/mol. The van der Waals surface area contributed by atoms with Crippen molar-refractivity contribution in [1.82, 2.24) is 5.32 Å². The fraction of sp³-hybridized carbons (Fsp3) is 0.323. The Balaban J connectivity index is 1.58. The predicted octanol–water partition coefficient (Wildman–Crippen LogP) is 4.92. The summed E-state index contributed by atoms with van der Waals surface area (Å²) in [5.74, 6) is 0.859. The summed E-state index contributed by atoms with van der Waals surface area (Å²) in [4.78, 5) is 38.5. The fourth-order valence-corrected chi connectivity index (χ4v) is 4.27. The summed E-state index contributed by atoms with van der Waals surface area (Å²) < 4.78 is 21.8. The molecule has 0 radical (unpaired) electrons. The molecular weight excluding hydrogens is 526 g/mol. The molecule has 0 spiro atoms. The molecule has 41 heavy (non-hydrogen) atoms. The molecule has 0 saturated heterocycles. The number of rotatable bonds is 14. The molecular formula is C31H37N3O7. The number of ether oxygens (including phenoxy) is 4. The molecule has 10 nitrogen and oxygen atoms in total. The van der Waals surface area contributed by atoms with E-state index >= 15 is 0 Å². The first-order valence-corrected chi connectivity index (χ1v) is 13.3. The number of primary amides is 1. The highest BCUT2D eigenvalue weighted by Crippen LogP contribution is 2.36. The van der Waals surface area contributed by atoms with Gasteiger partial charge in [0.25, 0.3) is 0 Å². The topological polar surface area (TPSA) is 129 Å². The van der Waals surface area contributed by atoms with Crippen LogP contribution in [0.15, 0.2) is 60.7 Å². The number of nitrogens with two attached hydrogens (primary N) is 1. The van der Waals surface area contributed by atoms with Crippen molar-refractivity contribution in [3.8, 4) is 17.2 Å². The second-order valence-corrected chi connectivity index (χ2v) is 9.23. The van der Waals surface area contributed by atoms with Gasteiger partial charge in [-0.05, 0) is 68.3 Å². The van der Waals surface area contributed by atoms with Crippen molar-refractivity contribution in [3.05, 3.63) is 77.4 Å². The van der Waals surface area contributed by atoms with Crippen LogP contribution in [0.1, 0.15) is 41.8 Å². The van der Waals surface area contributed by atoms with Crippen LogP contribution in [0, 0.1) is 6.92 Å². The molecule has 2 amide bonds. The third-order valence-electron chi connectivity index (χ3n) is 6.28. The second kappa shape index (κ2) is 14.7. The lowest BCUT2D eigenvalue weighted by Gasteiger charge is -2.24. The zero-order chi connectivity index (χ0) is 29.9. The molecule has 1 atom stereocenters. The van der Waals surface area contributed by atoms with E-state index in [0.29, 0.717) is 40.7 Å². The average molecular weight is 564 g/mol. The normalized spacial score (nSPS) is 11.3. The Morgan fingerprint density at radius 2 is 1.66 bits per heavy atom. The van der Waals surface area contributed by atoms with Crippen LogP contribution in [0.25, 0.3) is 0 Å². The highest BCUT2D eigenvalue weighted by molar-refractivity contribution is 6.00. The van der Waals surface area contributed by atoms with Gasteiger partial charge >= 0.3 is 12.0 Å². The van der Waals surface area contributed by atoms with Crippen LogP contribution in [0.2, 0.25) is 0 Å². The number of aryl methyl sites for hydroxylation is 1. The maximum Gasteiger partial charge on any atom is 0.338 e. The molecule has 0 aliphatic carbocycles. The van der Waals surface area contributed by atoms with Crippen LogP contribution < -0.4 is 30.2 Å². The van der Waals surface area contributed by atoms with E-state index in [2.05, 4.69) is 5.32 Å². The van der Waals surface area contributed by atoms with E-state index in [1.54, 1.807) is 43.3 Å². The summed E-state index contributed by atoms with van der Waals surface area (Å²) in [7, 11) is 3.00. The third kappa shape index (κ3) is 8.21. The Bertz CT molecular complexity index is 1380. The first kappa shape index (κ1) is 31.0. The highest BCUT2D eigenvalue weighted by atomic mass is 16.5. The predicted molar refractivity (Wildman–Crippen MR) is 156 cm³/mol. The van der Waals surface area contributed by atoms with E-state index < -0.39 is 18.2 Å². The molecule has 3 aromatic rings. The van der Waals surface area contributed by atoms with Gasteiger partial charge in [-0.3, -0.25) is 15.0 Å². The number of nitrogens with zero attached hydrogens (tertiary/aromatic N) is 1. The Morgan fingerprint density at radius 3 is 2.32 bits per heavy atom. The van der Waals surface area contributed by atoms with Crippen molar-refractivity contribution in [2.24, 2.45) is 5.73 Å². The molecule has 10 heteroatoms. The van der Waals surface area contributed by atoms with Crippen LogP contribution in [0.5, 0.6) is 17.2 Å². The van der Waals surface area contributed by atoms with Crippen molar-refractivity contribution in [3.63, 3.8) is 0 Å². The van der Waals surface area contributed by atoms with Crippen molar-refractivity contribution < 1.29 is 33.3 Å². The number of methoxy groups -OCH3 is 2. The van der Waals surface area contributed by atoms with E-state index in [0.717, 1.165) is 11.1 Å². The van der Waals surface area contributed by atoms with Gasteiger partial charge in [0, 0.05) is 19.4 Å². The van der Waals surface area contributed by atoms with Gasteiger partial charge in [0.05, 0.1) is 37.8 Å². The van der Waals surface area contributed by atoms with Crippen molar-refractivity contribution in [2.75, 3.05) is 32.3 Å². The van der Waals surface area contributed by atoms with Crippen molar-refractivity contribution in [1.29, 1.82) is 0 Å². The van der Waals surface area contributed by atoms with Gasteiger partial charge in [0.15, 0.2) is 11.5 Å². The lowest BCUT2D eigenvalue weighted by Crippen LogP contribution is -2.33. The average Bonchev–Trinajstić information content (AvgIpc) is 2.95. The van der Waals surface area contributed by atoms with E-state index in [-0.39, 0.29) is 25.2 Å². The number of esters is 1. The molecule has 3 N–H and O–H groups in total. The number of hydrogen-bond acceptors (Lipinski definition) is 8. The van der Waals surface area contributed by atoms with Crippen LogP contribution in [-0.2, 0) is 16.0 Å². The summed E-state index contributed by atoms with van der Waals surface area (Å²) in [5.41, 5.74) is 8.86. The lowest BCUT2D eigenvalue weighted by atomic mass is 10.0. The molecule has 0 aromatic heterocycles. The maximum absolute atomic E-state index is 12.7. The number of amides is 2. The summed E-state index contributed by atoms with van der Waals surface area (Å²) in [6.45, 7) is 6.11. The Labute approximate surface area is 240 Å². The molecule has 218 valence electrons. The molecule has 0 aliphatic heterocycles. The van der Waals surface area contributed by atoms with Crippen LogP contribution in [-0.4, -0.2) is 51.4 Å². The van der Waals surface area contributed by atoms with Gasteiger partial charge in [-0.25, -0.2) is 9.59 Å². The summed E-state index contributed by atoms with van der Waals surface area (Å²) in [6, 6.07) is 16.8. The standard InChI is InChI=1S/C31H37N3O7/c1-6-40-30(36)23-12-14-27(29(19-23)39-5)41-21(3)33-16-15-24(35)17-22-11-13-26(28(18-22)38-4)34(31(32)37)25-10-8-7-9-20(25)2/h7-14,18-19,21,33H,6,15-17H2,1-5H3,(H2,32,37). The summed E-state index contributed by atoms with van der Waals surface area (Å²) in [6.07, 6.45) is 0.0380. The lowest BCUT2D eigenvalue weighted by molar-refractivity contribution is -0.118. The number of carbonyl (C=O) groups is 3. The minimum absolute atomic E-state index is 0.0153. The Hall–Kier alpha value is -4.57. The zero-order valence-electron chi connectivity index (χ0n) is 24.1. The second-order valence-electron chi connectivity index (χ2n) is 9.23. The smallest absolute Gasteiger partial charge is 0.338 e. The minimum atomic E-state index is -0.642. The zero-order valence-corrected chi connectivity index (χ0v) is 24.1. The number of ketones is 1. The molecule has 1 unspecified atom stereocenters. The van der Waals surface area contributed by atoms with E-state index in [1.165, 1.54) is 19.1 Å². The molecule has 0 bridgehead atoms. The summed E-state index contributed by atoms with van der Waals surface area (Å²) in [5, 5.41) is 3.17. The SMILES string of the molecule is CCOC(=O)c1ccc(OC(C)NCCC(=O)Cc2ccc(N(C(N)=O)c3ccccc3C)c(OC)c2)c(OC)c1. The first-order chi connectivity index (χ1) is 19.7. The van der Waals surface area contributed by atoms with Gasteiger partial charge in [-0.1, -0.05) is 24.3 Å². The van der Waals surface area contributed by atoms with Crippen LogP contribution in [0.3, 0.4) is 0 Å². The number of para-hydroxylation sites is 1. The largest absolute Gasteiger partial charge is 0.495 e. The Kier molecular flexibility index (Phi) is 11.1. The van der Waals surface area contributed by atoms with Crippen molar-refractivity contribution in [2.45, 2.75) is 39.8 Å². The molecule has 3 aromatic carbocycles. The molecule has 0 fully saturated rings. The van der Waals surface area contributed by atoms with Gasteiger partial charge in [0.1, 0.15) is 17.8 Å². The number of benzene rings is 3. The number of anilines is 2. The molecule has 0 aliphatic rings. The fourth-order valence-electron chi connectivity index (χ4n) is 4.27. The van der Waals surface area contributed by atoms with Gasteiger partial charge < -0.3 is 24.7 Å². The number of Topliss-reactive ketones (excluding diaryl/α,β-unsaturated/α-hetero) is 1. The van der Waals surface area contributed by atoms with E-state index in [4.69, 9.17) is 24.7 Å². The minimum Gasteiger partial charge on any atom is -0.495 e. The molecule has 3 rings (SSSR count). The molecule has 0 saturated carbocycles. The van der Waals surface area contributed by atoms with Gasteiger partial charge in [0.2, 0.25) is 0 Å². The first-order valence-electron chi connectivity index (χ1n) is 13.3. The number of urea groups is 1. The van der Waals surface area contributed by atoms with Crippen LogP contribution >= 0.6 is 0 Å². The number of hydrogen-bond donors (Lipinski definition) is 2. The maximum atomic E-state index is 12.7. The number of nitrogens with one attached hydrogen (secondary N) is 1. The van der Waals surface area contributed by atoms with E-state index in [1.807, 2.05) is 38.1 Å².